The quantitative estimate of drug-likeness (QED) is 0.200. The van der Waals surface area contributed by atoms with Crippen LogP contribution >= 0.6 is 0 Å². The summed E-state index contributed by atoms with van der Waals surface area (Å²) < 4.78 is 19.4. The van der Waals surface area contributed by atoms with Crippen LogP contribution in [0.4, 0.5) is 16.0 Å². The van der Waals surface area contributed by atoms with Crippen LogP contribution in [0.3, 0.4) is 0 Å². The summed E-state index contributed by atoms with van der Waals surface area (Å²) in [7, 11) is 3.81. The van der Waals surface area contributed by atoms with Crippen molar-refractivity contribution >= 4 is 40.1 Å². The highest BCUT2D eigenvalue weighted by molar-refractivity contribution is 6.51. The number of aliphatic hydroxyl groups excluding tert-OH is 1. The fourth-order valence-corrected chi connectivity index (χ4v) is 4.49. The number of rotatable bonds is 7. The molecule has 38 heavy (non-hydrogen) atoms. The van der Waals surface area contributed by atoms with Crippen molar-refractivity contribution in [2.75, 3.05) is 30.5 Å². The van der Waals surface area contributed by atoms with Gasteiger partial charge in [-0.15, -0.1) is 0 Å². The summed E-state index contributed by atoms with van der Waals surface area (Å²) in [6.45, 7) is 2.56. The number of carbonyl (C=O) groups is 2. The van der Waals surface area contributed by atoms with Gasteiger partial charge in [0.05, 0.1) is 29.3 Å². The molecule has 0 aliphatic carbocycles. The molecule has 0 spiro atoms. The highest BCUT2D eigenvalue weighted by atomic mass is 19.1. The van der Waals surface area contributed by atoms with Gasteiger partial charge in [0.2, 0.25) is 5.95 Å². The summed E-state index contributed by atoms with van der Waals surface area (Å²) in [6, 6.07) is 17.1. The molecule has 1 aliphatic rings. The van der Waals surface area contributed by atoms with E-state index >= 15 is 0 Å². The van der Waals surface area contributed by atoms with Crippen molar-refractivity contribution in [3.63, 3.8) is 0 Å². The van der Waals surface area contributed by atoms with E-state index in [1.807, 2.05) is 38.1 Å². The van der Waals surface area contributed by atoms with E-state index < -0.39 is 23.5 Å². The molecule has 1 fully saturated rings. The van der Waals surface area contributed by atoms with Crippen molar-refractivity contribution in [3.05, 3.63) is 89.2 Å². The molecule has 2 N–H and O–H groups in total. The summed E-state index contributed by atoms with van der Waals surface area (Å²) in [6.07, 6.45) is 0.853. The van der Waals surface area contributed by atoms with Gasteiger partial charge >= 0.3 is 5.91 Å². The highest BCUT2D eigenvalue weighted by Gasteiger charge is 2.48. The molecule has 2 heterocycles. The van der Waals surface area contributed by atoms with Crippen LogP contribution in [0.25, 0.3) is 16.8 Å². The predicted molar refractivity (Wildman–Crippen MR) is 144 cm³/mol. The van der Waals surface area contributed by atoms with Crippen LogP contribution in [-0.4, -0.2) is 47.5 Å². The highest BCUT2D eigenvalue weighted by Crippen LogP contribution is 2.42. The summed E-state index contributed by atoms with van der Waals surface area (Å²) in [5.74, 6) is -1.75. The van der Waals surface area contributed by atoms with E-state index in [4.69, 9.17) is 4.74 Å². The predicted octanol–water partition coefficient (Wildman–Crippen LogP) is 5.18. The number of aromatic nitrogens is 2. The number of ketones is 1. The lowest BCUT2D eigenvalue weighted by atomic mass is 9.95. The Bertz CT molecular complexity index is 1540. The van der Waals surface area contributed by atoms with Crippen LogP contribution in [0.5, 0.6) is 5.75 Å². The van der Waals surface area contributed by atoms with Gasteiger partial charge in [0.15, 0.2) is 0 Å². The molecule has 0 saturated carbocycles. The maximum absolute atomic E-state index is 13.8. The fraction of sp³-hybridized carbons (Fsp3) is 0.207. The van der Waals surface area contributed by atoms with E-state index in [1.165, 1.54) is 23.1 Å². The largest absolute Gasteiger partial charge is 0.507 e. The van der Waals surface area contributed by atoms with Crippen LogP contribution in [0.2, 0.25) is 0 Å². The number of carbonyl (C=O) groups excluding carboxylic acids is 2. The maximum atomic E-state index is 13.8. The first kappa shape index (κ1) is 25.0. The van der Waals surface area contributed by atoms with E-state index in [2.05, 4.69) is 9.97 Å². The Morgan fingerprint density at radius 3 is 2.45 bits per heavy atom. The number of nitrogens with zero attached hydrogens (tertiary/aromatic N) is 3. The third-order valence-electron chi connectivity index (χ3n) is 6.43. The van der Waals surface area contributed by atoms with Crippen LogP contribution < -0.4 is 14.5 Å². The SMILES string of the molecule is CCCOc1ccc(/C(O)=C2\C(=O)C(=O)N(c3nc4ccc(F)cc4[nH]3)C2c2ccc(N(C)C)cc2)cc1. The zero-order chi connectivity index (χ0) is 27.0. The van der Waals surface area contributed by atoms with Gasteiger partial charge < -0.3 is 19.7 Å². The minimum Gasteiger partial charge on any atom is -0.507 e. The number of H-pyrrole nitrogens is 1. The second kappa shape index (κ2) is 10.0. The van der Waals surface area contributed by atoms with Crippen LogP contribution in [0, 0.1) is 5.82 Å². The minimum atomic E-state index is -0.965. The number of imidazole rings is 1. The first-order chi connectivity index (χ1) is 18.3. The van der Waals surface area contributed by atoms with E-state index in [-0.39, 0.29) is 17.3 Å². The molecule has 8 nitrogen and oxygen atoms in total. The van der Waals surface area contributed by atoms with Crippen molar-refractivity contribution in [2.24, 2.45) is 0 Å². The molecule has 1 aliphatic heterocycles. The Balaban J connectivity index is 1.65. The second-order valence-corrected chi connectivity index (χ2v) is 9.25. The number of ether oxygens (including phenoxy) is 1. The molecule has 1 atom stereocenters. The van der Waals surface area contributed by atoms with Crippen molar-refractivity contribution in [3.8, 4) is 5.75 Å². The fourth-order valence-electron chi connectivity index (χ4n) is 4.49. The molecule has 5 rings (SSSR count). The van der Waals surface area contributed by atoms with Gasteiger partial charge in [-0.25, -0.2) is 9.37 Å². The van der Waals surface area contributed by atoms with Crippen molar-refractivity contribution in [1.29, 1.82) is 0 Å². The summed E-state index contributed by atoms with van der Waals surface area (Å²) in [4.78, 5) is 37.3. The molecule has 9 heteroatoms. The Morgan fingerprint density at radius 2 is 1.79 bits per heavy atom. The molecule has 194 valence electrons. The topological polar surface area (TPSA) is 98.8 Å². The third kappa shape index (κ3) is 4.47. The lowest BCUT2D eigenvalue weighted by Crippen LogP contribution is -2.30. The number of hydrogen-bond donors (Lipinski definition) is 2. The Hall–Kier alpha value is -4.66. The number of anilines is 2. The lowest BCUT2D eigenvalue weighted by molar-refractivity contribution is -0.132. The molecule has 0 bridgehead atoms. The number of Topliss-reactive ketones (excluding diaryl/α,β-unsaturated/α-hetero) is 1. The molecule has 1 saturated heterocycles. The molecule has 1 amide bonds. The average molecular weight is 515 g/mol. The Labute approximate surface area is 219 Å². The summed E-state index contributed by atoms with van der Waals surface area (Å²) in [5, 5.41) is 11.3. The number of hydrogen-bond acceptors (Lipinski definition) is 6. The Kier molecular flexibility index (Phi) is 6.59. The van der Waals surface area contributed by atoms with Crippen LogP contribution in [0.1, 0.15) is 30.5 Å². The molecule has 1 aromatic heterocycles. The standard InChI is InChI=1S/C29H27FN4O4/c1-4-15-38-21-12-7-18(8-13-21)26(35)24-25(17-5-10-20(11-6-17)33(2)3)34(28(37)27(24)36)29-31-22-14-9-19(30)16-23(22)32-29/h5-14,16,25,35H,4,15H2,1-3H3,(H,31,32)/b26-24+. The van der Waals surface area contributed by atoms with Crippen molar-refractivity contribution in [2.45, 2.75) is 19.4 Å². The first-order valence-corrected chi connectivity index (χ1v) is 12.2. The maximum Gasteiger partial charge on any atom is 0.302 e. The van der Waals surface area contributed by atoms with Crippen LogP contribution in [-0.2, 0) is 9.59 Å². The van der Waals surface area contributed by atoms with Crippen LogP contribution in [0.15, 0.2) is 72.3 Å². The second-order valence-electron chi connectivity index (χ2n) is 9.25. The number of aliphatic hydroxyl groups is 1. The van der Waals surface area contributed by atoms with Gasteiger partial charge in [0.1, 0.15) is 17.3 Å². The number of fused-ring (bicyclic) bond motifs is 1. The monoisotopic (exact) mass is 514 g/mol. The zero-order valence-corrected chi connectivity index (χ0v) is 21.2. The number of halogens is 1. The third-order valence-corrected chi connectivity index (χ3v) is 6.43. The minimum absolute atomic E-state index is 0.0681. The van der Waals surface area contributed by atoms with E-state index in [1.54, 1.807) is 36.4 Å². The van der Waals surface area contributed by atoms with Gasteiger partial charge in [-0.2, -0.15) is 0 Å². The number of amides is 1. The molecular weight excluding hydrogens is 487 g/mol. The van der Waals surface area contributed by atoms with E-state index in [0.29, 0.717) is 34.5 Å². The lowest BCUT2D eigenvalue weighted by Gasteiger charge is -2.23. The van der Waals surface area contributed by atoms with E-state index in [0.717, 1.165) is 12.1 Å². The first-order valence-electron chi connectivity index (χ1n) is 12.2. The van der Waals surface area contributed by atoms with Gasteiger partial charge in [0, 0.05) is 25.3 Å². The van der Waals surface area contributed by atoms with Crippen molar-refractivity contribution < 1.29 is 23.8 Å². The summed E-state index contributed by atoms with van der Waals surface area (Å²) >= 11 is 0. The van der Waals surface area contributed by atoms with Gasteiger partial charge in [-0.05, 0) is 66.6 Å². The molecular formula is C29H27FN4O4. The molecule has 1 unspecified atom stereocenters. The number of nitrogens with one attached hydrogen (secondary N) is 1. The average Bonchev–Trinajstić information content (AvgIpc) is 3.44. The molecule has 3 aromatic carbocycles. The van der Waals surface area contributed by atoms with E-state index in [9.17, 15) is 19.1 Å². The number of benzene rings is 3. The normalized spacial score (nSPS) is 16.8. The smallest absolute Gasteiger partial charge is 0.302 e. The summed E-state index contributed by atoms with van der Waals surface area (Å²) in [5.41, 5.74) is 2.65. The van der Waals surface area contributed by atoms with Crippen molar-refractivity contribution in [1.82, 2.24) is 9.97 Å². The van der Waals surface area contributed by atoms with Gasteiger partial charge in [-0.3, -0.25) is 14.5 Å². The Morgan fingerprint density at radius 1 is 1.08 bits per heavy atom. The molecule has 4 aromatic rings. The zero-order valence-electron chi connectivity index (χ0n) is 21.2. The molecule has 0 radical (unpaired) electrons. The number of aromatic amines is 1. The van der Waals surface area contributed by atoms with Gasteiger partial charge in [0.25, 0.3) is 5.78 Å². The van der Waals surface area contributed by atoms with Gasteiger partial charge in [-0.1, -0.05) is 19.1 Å².